The predicted octanol–water partition coefficient (Wildman–Crippen LogP) is 5.81. The summed E-state index contributed by atoms with van der Waals surface area (Å²) in [4.78, 5) is 0. The standard InChI is InChI=1S/C22H17N/c1-4-10-18(11-5-1)21-16-23(20-14-8-3-9-15-20)17-22(21)19-12-6-2-7-13-19/h1-17H. The number of hydrogen-bond acceptors (Lipinski definition) is 0. The fraction of sp³-hybridized carbons (Fsp3) is 0. The summed E-state index contributed by atoms with van der Waals surface area (Å²) < 4.78 is 2.20. The van der Waals surface area contributed by atoms with E-state index in [1.807, 2.05) is 6.07 Å². The molecule has 0 unspecified atom stereocenters. The first-order chi connectivity index (χ1) is 11.4. The smallest absolute Gasteiger partial charge is 0.0449 e. The number of rotatable bonds is 3. The molecule has 1 nitrogen and oxygen atoms in total. The summed E-state index contributed by atoms with van der Waals surface area (Å²) in [6.45, 7) is 0. The van der Waals surface area contributed by atoms with Crippen molar-refractivity contribution in [2.24, 2.45) is 0 Å². The van der Waals surface area contributed by atoms with Crippen molar-refractivity contribution in [3.8, 4) is 27.9 Å². The van der Waals surface area contributed by atoms with Crippen molar-refractivity contribution in [2.75, 3.05) is 0 Å². The van der Waals surface area contributed by atoms with E-state index in [0.29, 0.717) is 0 Å². The molecule has 0 bridgehead atoms. The Labute approximate surface area is 136 Å². The van der Waals surface area contributed by atoms with E-state index in [9.17, 15) is 0 Å². The van der Waals surface area contributed by atoms with Crippen LogP contribution in [0.5, 0.6) is 0 Å². The van der Waals surface area contributed by atoms with Crippen LogP contribution in [0.2, 0.25) is 0 Å². The van der Waals surface area contributed by atoms with Gasteiger partial charge in [-0.1, -0.05) is 78.9 Å². The highest BCUT2D eigenvalue weighted by molar-refractivity contribution is 5.83. The molecule has 1 heterocycles. The van der Waals surface area contributed by atoms with Crippen LogP contribution in [0.3, 0.4) is 0 Å². The number of aromatic nitrogens is 1. The van der Waals surface area contributed by atoms with Crippen molar-refractivity contribution in [2.45, 2.75) is 0 Å². The summed E-state index contributed by atoms with van der Waals surface area (Å²) in [7, 11) is 0. The van der Waals surface area contributed by atoms with Crippen molar-refractivity contribution in [1.82, 2.24) is 4.57 Å². The Morgan fingerprint density at radius 1 is 0.435 bits per heavy atom. The molecule has 0 spiro atoms. The van der Waals surface area contributed by atoms with E-state index in [-0.39, 0.29) is 0 Å². The average Bonchev–Trinajstić information content (AvgIpc) is 3.09. The summed E-state index contributed by atoms with van der Waals surface area (Å²) in [5.41, 5.74) is 6.15. The summed E-state index contributed by atoms with van der Waals surface area (Å²) in [5.74, 6) is 0. The van der Waals surface area contributed by atoms with Gasteiger partial charge < -0.3 is 4.57 Å². The SMILES string of the molecule is c1ccc(-c2cn(-c3ccccc3)cc2-c2ccccc2)cc1. The van der Waals surface area contributed by atoms with E-state index in [0.717, 1.165) is 0 Å². The molecule has 3 aromatic carbocycles. The van der Waals surface area contributed by atoms with Gasteiger partial charge in [-0.2, -0.15) is 0 Å². The Hall–Kier alpha value is -3.06. The minimum absolute atomic E-state index is 1.17. The van der Waals surface area contributed by atoms with Crippen molar-refractivity contribution in [3.05, 3.63) is 103 Å². The zero-order valence-corrected chi connectivity index (χ0v) is 12.8. The molecule has 0 atom stereocenters. The Morgan fingerprint density at radius 2 is 0.826 bits per heavy atom. The zero-order chi connectivity index (χ0) is 15.5. The van der Waals surface area contributed by atoms with E-state index in [2.05, 4.69) is 102 Å². The second kappa shape index (κ2) is 5.98. The van der Waals surface area contributed by atoms with Gasteiger partial charge in [-0.3, -0.25) is 0 Å². The van der Waals surface area contributed by atoms with Crippen molar-refractivity contribution < 1.29 is 0 Å². The number of nitrogens with zero attached hydrogens (tertiary/aromatic N) is 1. The summed E-state index contributed by atoms with van der Waals surface area (Å²) in [5, 5.41) is 0. The molecule has 0 aliphatic rings. The van der Waals surface area contributed by atoms with Gasteiger partial charge in [0.15, 0.2) is 0 Å². The van der Waals surface area contributed by atoms with Crippen LogP contribution < -0.4 is 0 Å². The van der Waals surface area contributed by atoms with Crippen molar-refractivity contribution in [1.29, 1.82) is 0 Å². The number of hydrogen-bond donors (Lipinski definition) is 0. The summed E-state index contributed by atoms with van der Waals surface area (Å²) >= 11 is 0. The third kappa shape index (κ3) is 2.69. The largest absolute Gasteiger partial charge is 0.323 e. The van der Waals surface area contributed by atoms with E-state index < -0.39 is 0 Å². The third-order valence-electron chi connectivity index (χ3n) is 4.05. The topological polar surface area (TPSA) is 4.93 Å². The van der Waals surface area contributed by atoms with Gasteiger partial charge in [0, 0.05) is 29.2 Å². The van der Waals surface area contributed by atoms with Gasteiger partial charge >= 0.3 is 0 Å². The lowest BCUT2D eigenvalue weighted by Crippen LogP contribution is -1.87. The minimum Gasteiger partial charge on any atom is -0.323 e. The van der Waals surface area contributed by atoms with E-state index >= 15 is 0 Å². The van der Waals surface area contributed by atoms with Gasteiger partial charge in [-0.15, -0.1) is 0 Å². The minimum atomic E-state index is 1.17. The van der Waals surface area contributed by atoms with Gasteiger partial charge in [-0.05, 0) is 23.3 Å². The molecule has 110 valence electrons. The van der Waals surface area contributed by atoms with Gasteiger partial charge in [0.1, 0.15) is 0 Å². The predicted molar refractivity (Wildman–Crippen MR) is 96.6 cm³/mol. The van der Waals surface area contributed by atoms with Crippen LogP contribution in [0.1, 0.15) is 0 Å². The first kappa shape index (κ1) is 13.6. The normalized spacial score (nSPS) is 10.6. The van der Waals surface area contributed by atoms with Gasteiger partial charge in [0.25, 0.3) is 0 Å². The first-order valence-corrected chi connectivity index (χ1v) is 7.80. The molecule has 0 aliphatic carbocycles. The van der Waals surface area contributed by atoms with Gasteiger partial charge in [0.2, 0.25) is 0 Å². The Kier molecular flexibility index (Phi) is 3.53. The molecule has 0 aliphatic heterocycles. The van der Waals surface area contributed by atoms with Crippen LogP contribution in [-0.4, -0.2) is 4.57 Å². The maximum absolute atomic E-state index is 2.22. The van der Waals surface area contributed by atoms with Crippen LogP contribution in [0.15, 0.2) is 103 Å². The second-order valence-electron chi connectivity index (χ2n) is 5.56. The molecule has 0 amide bonds. The van der Waals surface area contributed by atoms with Crippen molar-refractivity contribution in [3.63, 3.8) is 0 Å². The van der Waals surface area contributed by atoms with Crippen LogP contribution in [0.4, 0.5) is 0 Å². The highest BCUT2D eigenvalue weighted by Crippen LogP contribution is 2.34. The number of benzene rings is 3. The molecular formula is C22H17N. The molecule has 1 aromatic heterocycles. The highest BCUT2D eigenvalue weighted by atomic mass is 14.9. The Bertz CT molecular complexity index is 834. The van der Waals surface area contributed by atoms with Crippen LogP contribution in [-0.2, 0) is 0 Å². The quantitative estimate of drug-likeness (QED) is 0.449. The molecule has 4 rings (SSSR count). The second-order valence-corrected chi connectivity index (χ2v) is 5.56. The molecule has 0 saturated heterocycles. The highest BCUT2D eigenvalue weighted by Gasteiger charge is 2.11. The van der Waals surface area contributed by atoms with Crippen molar-refractivity contribution >= 4 is 0 Å². The monoisotopic (exact) mass is 295 g/mol. The fourth-order valence-electron chi connectivity index (χ4n) is 2.90. The lowest BCUT2D eigenvalue weighted by molar-refractivity contribution is 1.08. The molecule has 0 N–H and O–H groups in total. The van der Waals surface area contributed by atoms with Gasteiger partial charge in [-0.25, -0.2) is 0 Å². The molecule has 1 heteroatoms. The third-order valence-corrected chi connectivity index (χ3v) is 4.05. The molecular weight excluding hydrogens is 278 g/mol. The molecule has 0 saturated carbocycles. The number of para-hydroxylation sites is 1. The van der Waals surface area contributed by atoms with E-state index in [1.54, 1.807) is 0 Å². The van der Waals surface area contributed by atoms with Crippen LogP contribution in [0, 0.1) is 0 Å². The van der Waals surface area contributed by atoms with Gasteiger partial charge in [0.05, 0.1) is 0 Å². The lowest BCUT2D eigenvalue weighted by atomic mass is 9.99. The Morgan fingerprint density at radius 3 is 1.26 bits per heavy atom. The molecule has 0 radical (unpaired) electrons. The van der Waals surface area contributed by atoms with E-state index in [1.165, 1.54) is 27.9 Å². The van der Waals surface area contributed by atoms with E-state index in [4.69, 9.17) is 0 Å². The van der Waals surface area contributed by atoms with Crippen LogP contribution in [0.25, 0.3) is 27.9 Å². The molecule has 23 heavy (non-hydrogen) atoms. The lowest BCUT2D eigenvalue weighted by Gasteiger charge is -2.03. The molecule has 0 fully saturated rings. The average molecular weight is 295 g/mol. The maximum atomic E-state index is 2.22. The summed E-state index contributed by atoms with van der Waals surface area (Å²) in [6.07, 6.45) is 4.43. The van der Waals surface area contributed by atoms with Crippen LogP contribution >= 0.6 is 0 Å². The Balaban J connectivity index is 1.91. The fourth-order valence-corrected chi connectivity index (χ4v) is 2.90. The molecule has 4 aromatic rings. The summed E-state index contributed by atoms with van der Waals surface area (Å²) in [6, 6.07) is 31.6. The first-order valence-electron chi connectivity index (χ1n) is 7.80. The zero-order valence-electron chi connectivity index (χ0n) is 12.8. The maximum Gasteiger partial charge on any atom is 0.0449 e.